The van der Waals surface area contributed by atoms with Gasteiger partial charge in [-0.15, -0.1) is 0 Å². The van der Waals surface area contributed by atoms with Crippen LogP contribution in [-0.2, 0) is 25.0 Å². The van der Waals surface area contributed by atoms with E-state index in [1.54, 1.807) is 13.8 Å². The molecule has 0 aliphatic carbocycles. The predicted octanol–water partition coefficient (Wildman–Crippen LogP) is 0.336. The van der Waals surface area contributed by atoms with Crippen molar-refractivity contribution in [2.45, 2.75) is 38.9 Å². The molecule has 2 unspecified atom stereocenters. The lowest BCUT2D eigenvalue weighted by atomic mass is 10.2. The number of hydrogen-bond donors (Lipinski definition) is 2. The molecule has 0 radical (unpaired) electrons. The minimum absolute atomic E-state index is 0.120. The van der Waals surface area contributed by atoms with Crippen LogP contribution in [0.5, 0.6) is 0 Å². The van der Waals surface area contributed by atoms with Gasteiger partial charge < -0.3 is 4.74 Å². The summed E-state index contributed by atoms with van der Waals surface area (Å²) in [4.78, 5) is 0. The molecule has 7 nitrogen and oxygen atoms in total. The molecule has 0 bridgehead atoms. The minimum atomic E-state index is -4.01. The minimum Gasteiger partial charge on any atom is -0.375 e. The Bertz CT molecular complexity index is 371. The van der Waals surface area contributed by atoms with Gasteiger partial charge in [0.25, 0.3) is 20.2 Å². The Morgan fingerprint density at radius 2 is 1.18 bits per heavy atom. The van der Waals surface area contributed by atoms with Crippen LogP contribution in [0.3, 0.4) is 0 Å². The summed E-state index contributed by atoms with van der Waals surface area (Å²) in [5, 5.41) is 0. The second-order valence-corrected chi connectivity index (χ2v) is 7.05. The van der Waals surface area contributed by atoms with E-state index in [-0.39, 0.29) is 12.8 Å². The Morgan fingerprint density at radius 1 is 0.882 bits per heavy atom. The van der Waals surface area contributed by atoms with Gasteiger partial charge in [0, 0.05) is 0 Å². The zero-order chi connectivity index (χ0) is 13.7. The van der Waals surface area contributed by atoms with Crippen molar-refractivity contribution in [2.75, 3.05) is 11.5 Å². The third kappa shape index (κ3) is 12.0. The van der Waals surface area contributed by atoms with Crippen LogP contribution in [0.4, 0.5) is 0 Å². The fraction of sp³-hybridized carbons (Fsp3) is 1.00. The summed E-state index contributed by atoms with van der Waals surface area (Å²) < 4.78 is 64.2. The van der Waals surface area contributed by atoms with Crippen LogP contribution < -0.4 is 0 Å². The quantitative estimate of drug-likeness (QED) is 0.618. The lowest BCUT2D eigenvalue weighted by molar-refractivity contribution is 0.00556. The van der Waals surface area contributed by atoms with Gasteiger partial charge >= 0.3 is 0 Å². The molecule has 0 amide bonds. The van der Waals surface area contributed by atoms with E-state index in [4.69, 9.17) is 13.8 Å². The van der Waals surface area contributed by atoms with Crippen LogP contribution in [0.15, 0.2) is 0 Å². The topological polar surface area (TPSA) is 118 Å². The summed E-state index contributed by atoms with van der Waals surface area (Å²) in [6.45, 7) is 3.24. The van der Waals surface area contributed by atoms with Crippen LogP contribution in [0.25, 0.3) is 0 Å². The van der Waals surface area contributed by atoms with Gasteiger partial charge in [0.1, 0.15) is 0 Å². The first kappa shape index (κ1) is 16.8. The molecule has 0 aromatic rings. The van der Waals surface area contributed by atoms with E-state index < -0.39 is 43.9 Å². The van der Waals surface area contributed by atoms with Gasteiger partial charge in [-0.3, -0.25) is 9.11 Å². The van der Waals surface area contributed by atoms with Gasteiger partial charge in [-0.1, -0.05) is 0 Å². The molecule has 0 saturated heterocycles. The Balaban J connectivity index is 3.92. The summed E-state index contributed by atoms with van der Waals surface area (Å²) in [5.74, 6) is -0.807. The van der Waals surface area contributed by atoms with Crippen molar-refractivity contribution in [1.82, 2.24) is 0 Å². The Morgan fingerprint density at radius 3 is 1.41 bits per heavy atom. The fourth-order valence-corrected chi connectivity index (χ4v) is 2.42. The second kappa shape index (κ2) is 6.64. The summed E-state index contributed by atoms with van der Waals surface area (Å²) in [6, 6.07) is 0. The third-order valence-electron chi connectivity index (χ3n) is 2.03. The smallest absolute Gasteiger partial charge is 0.264 e. The summed E-state index contributed by atoms with van der Waals surface area (Å²) in [6.07, 6.45) is -0.606. The second-order valence-electron chi connectivity index (χ2n) is 3.91. The van der Waals surface area contributed by atoms with Gasteiger partial charge in [0.05, 0.1) is 23.7 Å². The first-order chi connectivity index (χ1) is 7.49. The van der Waals surface area contributed by atoms with Crippen molar-refractivity contribution in [3.05, 3.63) is 0 Å². The molecule has 0 aliphatic rings. The molecular formula is C8H18O7S2. The zero-order valence-corrected chi connectivity index (χ0v) is 11.4. The Hall–Kier alpha value is -0.220. The fourth-order valence-electron chi connectivity index (χ4n) is 1.16. The zero-order valence-electron chi connectivity index (χ0n) is 9.74. The van der Waals surface area contributed by atoms with Gasteiger partial charge in [-0.25, -0.2) is 0 Å². The first-order valence-electron chi connectivity index (χ1n) is 5.05. The number of rotatable bonds is 8. The highest BCUT2D eigenvalue weighted by Crippen LogP contribution is 2.07. The molecule has 0 heterocycles. The average Bonchev–Trinajstić information content (AvgIpc) is 2.09. The van der Waals surface area contributed by atoms with E-state index in [2.05, 4.69) is 0 Å². The summed E-state index contributed by atoms with van der Waals surface area (Å²) in [5.41, 5.74) is 0. The highest BCUT2D eigenvalue weighted by Gasteiger charge is 2.14. The lowest BCUT2D eigenvalue weighted by Crippen LogP contribution is -2.22. The van der Waals surface area contributed by atoms with Crippen LogP contribution in [-0.4, -0.2) is 49.7 Å². The molecule has 104 valence electrons. The molecule has 0 aromatic carbocycles. The van der Waals surface area contributed by atoms with Crippen LogP contribution in [0.1, 0.15) is 26.7 Å². The van der Waals surface area contributed by atoms with E-state index in [0.29, 0.717) is 0 Å². The highest BCUT2D eigenvalue weighted by molar-refractivity contribution is 7.86. The van der Waals surface area contributed by atoms with E-state index in [9.17, 15) is 16.8 Å². The third-order valence-corrected chi connectivity index (χ3v) is 3.53. The van der Waals surface area contributed by atoms with Crippen LogP contribution >= 0.6 is 0 Å². The summed E-state index contributed by atoms with van der Waals surface area (Å²) in [7, 11) is -8.01. The Kier molecular flexibility index (Phi) is 6.56. The van der Waals surface area contributed by atoms with Crippen molar-refractivity contribution in [3.8, 4) is 0 Å². The van der Waals surface area contributed by atoms with Crippen molar-refractivity contribution < 1.29 is 30.7 Å². The molecule has 0 aliphatic heterocycles. The molecule has 2 N–H and O–H groups in total. The molecule has 0 spiro atoms. The van der Waals surface area contributed by atoms with E-state index in [1.165, 1.54) is 0 Å². The molecule has 0 rings (SSSR count). The van der Waals surface area contributed by atoms with Gasteiger partial charge in [0.2, 0.25) is 0 Å². The standard InChI is InChI=1S/C8H18O7S2/c1-7(3-5-16(9,10)11)15-8(2)4-6-17(12,13)14/h7-8H,3-6H2,1-2H3,(H,9,10,11)(H,12,13,14). The molecule has 0 fully saturated rings. The van der Waals surface area contributed by atoms with E-state index in [1.807, 2.05) is 0 Å². The Labute approximate surface area is 102 Å². The van der Waals surface area contributed by atoms with Gasteiger partial charge in [-0.2, -0.15) is 16.8 Å². The lowest BCUT2D eigenvalue weighted by Gasteiger charge is -2.18. The SMILES string of the molecule is CC(CCS(=O)(=O)O)OC(C)CCS(=O)(=O)O. The van der Waals surface area contributed by atoms with Crippen molar-refractivity contribution in [1.29, 1.82) is 0 Å². The number of hydrogen-bond acceptors (Lipinski definition) is 5. The maximum Gasteiger partial charge on any atom is 0.264 e. The normalized spacial score (nSPS) is 16.7. The predicted molar refractivity (Wildman–Crippen MR) is 62.1 cm³/mol. The molecule has 9 heteroatoms. The number of ether oxygens (including phenoxy) is 1. The van der Waals surface area contributed by atoms with E-state index in [0.717, 1.165) is 0 Å². The maximum absolute atomic E-state index is 10.5. The monoisotopic (exact) mass is 290 g/mol. The summed E-state index contributed by atoms with van der Waals surface area (Å²) >= 11 is 0. The van der Waals surface area contributed by atoms with Crippen LogP contribution in [0, 0.1) is 0 Å². The molecule has 0 saturated carbocycles. The molecule has 17 heavy (non-hydrogen) atoms. The molecular weight excluding hydrogens is 272 g/mol. The average molecular weight is 290 g/mol. The molecule has 2 atom stereocenters. The van der Waals surface area contributed by atoms with E-state index >= 15 is 0 Å². The van der Waals surface area contributed by atoms with Crippen LogP contribution in [0.2, 0.25) is 0 Å². The van der Waals surface area contributed by atoms with Crippen molar-refractivity contribution in [2.24, 2.45) is 0 Å². The first-order valence-corrected chi connectivity index (χ1v) is 8.27. The molecule has 0 aromatic heterocycles. The van der Waals surface area contributed by atoms with Crippen molar-refractivity contribution >= 4 is 20.2 Å². The largest absolute Gasteiger partial charge is 0.375 e. The van der Waals surface area contributed by atoms with Gasteiger partial charge in [0.15, 0.2) is 0 Å². The highest BCUT2D eigenvalue weighted by atomic mass is 32.2. The van der Waals surface area contributed by atoms with Crippen molar-refractivity contribution in [3.63, 3.8) is 0 Å². The van der Waals surface area contributed by atoms with Gasteiger partial charge in [-0.05, 0) is 26.7 Å². The maximum atomic E-state index is 10.5.